The van der Waals surface area contributed by atoms with E-state index < -0.39 is 0 Å². The maximum Gasteiger partial charge on any atom is 0.277 e. The van der Waals surface area contributed by atoms with Crippen molar-refractivity contribution >= 4 is 45.1 Å². The summed E-state index contributed by atoms with van der Waals surface area (Å²) in [5.41, 5.74) is 2.05. The highest BCUT2D eigenvalue weighted by Gasteiger charge is 2.13. The van der Waals surface area contributed by atoms with Crippen molar-refractivity contribution in [1.29, 1.82) is 0 Å². The Bertz CT molecular complexity index is 973. The van der Waals surface area contributed by atoms with Crippen molar-refractivity contribution in [2.45, 2.75) is 25.0 Å². The van der Waals surface area contributed by atoms with Gasteiger partial charge in [0.2, 0.25) is 11.8 Å². The zero-order valence-corrected chi connectivity index (χ0v) is 17.5. The molecule has 0 atom stereocenters. The summed E-state index contributed by atoms with van der Waals surface area (Å²) in [6.07, 6.45) is 1.27. The van der Waals surface area contributed by atoms with E-state index in [-0.39, 0.29) is 17.4 Å². The van der Waals surface area contributed by atoms with E-state index in [1.165, 1.54) is 11.8 Å². The molecule has 3 rings (SSSR count). The summed E-state index contributed by atoms with van der Waals surface area (Å²) in [5.74, 6) is 0.499. The molecule has 0 aliphatic carbocycles. The minimum Gasteiger partial charge on any atom is -0.411 e. The SMILES string of the molecule is CCCC(=O)Nc1ccc(C(=O)CSc2nnc(-c3cccc(Br)c3)o2)cc1. The van der Waals surface area contributed by atoms with Gasteiger partial charge in [0, 0.05) is 27.7 Å². The number of anilines is 1. The van der Waals surface area contributed by atoms with Gasteiger partial charge in [-0.25, -0.2) is 0 Å². The summed E-state index contributed by atoms with van der Waals surface area (Å²) < 4.78 is 6.54. The number of hydrogen-bond acceptors (Lipinski definition) is 6. The number of ketones is 1. The number of Topliss-reactive ketones (excluding diaryl/α,β-unsaturated/α-hetero) is 1. The van der Waals surface area contributed by atoms with Crippen molar-refractivity contribution in [1.82, 2.24) is 10.2 Å². The van der Waals surface area contributed by atoms with E-state index in [1.807, 2.05) is 31.2 Å². The number of thioether (sulfide) groups is 1. The Morgan fingerprint density at radius 3 is 2.64 bits per heavy atom. The van der Waals surface area contributed by atoms with Crippen molar-refractivity contribution in [3.8, 4) is 11.5 Å². The van der Waals surface area contributed by atoms with Gasteiger partial charge < -0.3 is 9.73 Å². The minimum atomic E-state index is -0.0568. The first-order chi connectivity index (χ1) is 13.5. The molecule has 8 heteroatoms. The number of carbonyl (C=O) groups is 2. The molecule has 3 aromatic rings. The second-order valence-corrected chi connectivity index (χ2v) is 7.81. The number of halogens is 1. The topological polar surface area (TPSA) is 85.1 Å². The molecule has 0 aliphatic rings. The molecule has 1 amide bonds. The lowest BCUT2D eigenvalue weighted by Gasteiger charge is -2.05. The normalized spacial score (nSPS) is 10.6. The van der Waals surface area contributed by atoms with Crippen molar-refractivity contribution in [3.05, 3.63) is 58.6 Å². The Morgan fingerprint density at radius 1 is 1.14 bits per heavy atom. The molecule has 2 aromatic carbocycles. The third-order valence-corrected chi connectivity index (χ3v) is 5.08. The fourth-order valence-corrected chi connectivity index (χ4v) is 3.46. The second kappa shape index (κ2) is 9.66. The molecule has 28 heavy (non-hydrogen) atoms. The van der Waals surface area contributed by atoms with Gasteiger partial charge in [0.25, 0.3) is 5.22 Å². The molecule has 0 fully saturated rings. The van der Waals surface area contributed by atoms with Crippen LogP contribution in [0.1, 0.15) is 30.1 Å². The molecule has 0 saturated heterocycles. The van der Waals surface area contributed by atoms with Crippen LogP contribution in [0.2, 0.25) is 0 Å². The maximum absolute atomic E-state index is 12.4. The van der Waals surface area contributed by atoms with Crippen LogP contribution in [0, 0.1) is 0 Å². The van der Waals surface area contributed by atoms with E-state index in [9.17, 15) is 9.59 Å². The van der Waals surface area contributed by atoms with Crippen LogP contribution in [0.5, 0.6) is 0 Å². The van der Waals surface area contributed by atoms with E-state index in [0.29, 0.717) is 28.8 Å². The first-order valence-electron chi connectivity index (χ1n) is 8.70. The minimum absolute atomic E-state index is 0.0326. The predicted octanol–water partition coefficient (Wildman–Crippen LogP) is 5.21. The number of aromatic nitrogens is 2. The summed E-state index contributed by atoms with van der Waals surface area (Å²) in [7, 11) is 0. The lowest BCUT2D eigenvalue weighted by atomic mass is 10.1. The molecule has 0 radical (unpaired) electrons. The first-order valence-corrected chi connectivity index (χ1v) is 10.5. The number of nitrogens with one attached hydrogen (secondary N) is 1. The van der Waals surface area contributed by atoms with Gasteiger partial charge in [-0.1, -0.05) is 40.7 Å². The Hall–Kier alpha value is -2.45. The van der Waals surface area contributed by atoms with Crippen molar-refractivity contribution in [2.24, 2.45) is 0 Å². The molecule has 0 saturated carbocycles. The van der Waals surface area contributed by atoms with Gasteiger partial charge >= 0.3 is 0 Å². The van der Waals surface area contributed by atoms with Crippen LogP contribution < -0.4 is 5.32 Å². The van der Waals surface area contributed by atoms with Crippen LogP contribution in [0.3, 0.4) is 0 Å². The zero-order chi connectivity index (χ0) is 19.9. The van der Waals surface area contributed by atoms with Crippen LogP contribution in [0.25, 0.3) is 11.5 Å². The van der Waals surface area contributed by atoms with E-state index in [2.05, 4.69) is 31.4 Å². The standard InChI is InChI=1S/C20H18BrN3O3S/c1-2-4-18(26)22-16-9-7-13(8-10-16)17(25)12-28-20-24-23-19(27-20)14-5-3-6-15(21)11-14/h3,5-11H,2,4,12H2,1H3,(H,22,26). The van der Waals surface area contributed by atoms with Crippen LogP contribution in [0.15, 0.2) is 62.6 Å². The van der Waals surface area contributed by atoms with Gasteiger partial charge in [0.15, 0.2) is 5.78 Å². The van der Waals surface area contributed by atoms with E-state index >= 15 is 0 Å². The molecular weight excluding hydrogens is 442 g/mol. The van der Waals surface area contributed by atoms with Gasteiger partial charge in [-0.3, -0.25) is 9.59 Å². The third kappa shape index (κ3) is 5.53. The van der Waals surface area contributed by atoms with E-state index in [1.54, 1.807) is 24.3 Å². The van der Waals surface area contributed by atoms with Gasteiger partial charge in [0.05, 0.1) is 5.75 Å². The summed E-state index contributed by atoms with van der Waals surface area (Å²) in [4.78, 5) is 24.0. The first kappa shape index (κ1) is 20.3. The Labute approximate surface area is 175 Å². The molecule has 0 bridgehead atoms. The monoisotopic (exact) mass is 459 g/mol. The maximum atomic E-state index is 12.4. The highest BCUT2D eigenvalue weighted by atomic mass is 79.9. The molecule has 0 aliphatic heterocycles. The predicted molar refractivity (Wildman–Crippen MR) is 112 cm³/mol. The molecule has 1 heterocycles. The summed E-state index contributed by atoms with van der Waals surface area (Å²) in [5, 5.41) is 11.1. The molecule has 0 spiro atoms. The van der Waals surface area contributed by atoms with Crippen molar-refractivity contribution in [3.63, 3.8) is 0 Å². The number of amides is 1. The molecule has 1 aromatic heterocycles. The Kier molecular flexibility index (Phi) is 7.00. The Balaban J connectivity index is 1.56. The number of carbonyl (C=O) groups excluding carboxylic acids is 2. The number of benzene rings is 2. The highest BCUT2D eigenvalue weighted by molar-refractivity contribution is 9.10. The Morgan fingerprint density at radius 2 is 1.93 bits per heavy atom. The fraction of sp³-hybridized carbons (Fsp3) is 0.200. The summed E-state index contributed by atoms with van der Waals surface area (Å²) in [6, 6.07) is 14.4. The van der Waals surface area contributed by atoms with Crippen LogP contribution in [-0.4, -0.2) is 27.6 Å². The van der Waals surface area contributed by atoms with Crippen LogP contribution in [0.4, 0.5) is 5.69 Å². The van der Waals surface area contributed by atoms with Crippen LogP contribution >= 0.6 is 27.7 Å². The molecule has 0 unspecified atom stereocenters. The third-order valence-electron chi connectivity index (χ3n) is 3.77. The average Bonchev–Trinajstić information content (AvgIpc) is 3.16. The average molecular weight is 460 g/mol. The highest BCUT2D eigenvalue weighted by Crippen LogP contribution is 2.25. The molecule has 6 nitrogen and oxygen atoms in total. The van der Waals surface area contributed by atoms with E-state index in [4.69, 9.17) is 4.42 Å². The lowest BCUT2D eigenvalue weighted by molar-refractivity contribution is -0.116. The van der Waals surface area contributed by atoms with Gasteiger partial charge in [-0.2, -0.15) is 0 Å². The molecule has 144 valence electrons. The quantitative estimate of drug-likeness (QED) is 0.367. The summed E-state index contributed by atoms with van der Waals surface area (Å²) in [6.45, 7) is 1.95. The zero-order valence-electron chi connectivity index (χ0n) is 15.1. The van der Waals surface area contributed by atoms with Gasteiger partial charge in [-0.05, 0) is 48.9 Å². The number of hydrogen-bond donors (Lipinski definition) is 1. The second-order valence-electron chi connectivity index (χ2n) is 5.97. The fourth-order valence-electron chi connectivity index (χ4n) is 2.41. The number of nitrogens with zero attached hydrogens (tertiary/aromatic N) is 2. The smallest absolute Gasteiger partial charge is 0.277 e. The summed E-state index contributed by atoms with van der Waals surface area (Å²) >= 11 is 4.60. The van der Waals surface area contributed by atoms with Crippen molar-refractivity contribution < 1.29 is 14.0 Å². The lowest BCUT2D eigenvalue weighted by Crippen LogP contribution is -2.10. The largest absolute Gasteiger partial charge is 0.411 e. The van der Waals surface area contributed by atoms with Crippen LogP contribution in [-0.2, 0) is 4.79 Å². The molecule has 1 N–H and O–H groups in total. The number of rotatable bonds is 8. The van der Waals surface area contributed by atoms with E-state index in [0.717, 1.165) is 16.5 Å². The molecular formula is C20H18BrN3O3S. The van der Waals surface area contributed by atoms with Gasteiger partial charge in [-0.15, -0.1) is 10.2 Å². The van der Waals surface area contributed by atoms with Gasteiger partial charge in [0.1, 0.15) is 0 Å². The van der Waals surface area contributed by atoms with Crippen molar-refractivity contribution in [2.75, 3.05) is 11.1 Å².